The van der Waals surface area contributed by atoms with Gasteiger partial charge in [0.25, 0.3) is 0 Å². The maximum atomic E-state index is 9.36. The number of rotatable bonds is 8. The van der Waals surface area contributed by atoms with Crippen molar-refractivity contribution in [3.8, 4) is 0 Å². The number of carbonyl (C=O) groups excluding carboxylic acids is 1. The maximum absolute atomic E-state index is 9.36. The van der Waals surface area contributed by atoms with Crippen molar-refractivity contribution >= 4 is 5.97 Å². The molecule has 0 radical (unpaired) electrons. The lowest BCUT2D eigenvalue weighted by Gasteiger charge is -2.28. The molecule has 0 unspecified atom stereocenters. The fourth-order valence-corrected chi connectivity index (χ4v) is 0.906. The smallest absolute Gasteiger partial charge is 0.102 e. The Kier molecular flexibility index (Phi) is 12.9. The van der Waals surface area contributed by atoms with Crippen molar-refractivity contribution in [2.45, 2.75) is 0 Å². The molecule has 0 aromatic heterocycles. The van der Waals surface area contributed by atoms with Crippen LogP contribution in [0.5, 0.6) is 0 Å². The van der Waals surface area contributed by atoms with E-state index in [1.165, 1.54) is 7.11 Å². The Morgan fingerprint density at radius 3 is 1.59 bits per heavy atom. The molecule has 0 aliphatic carbocycles. The summed E-state index contributed by atoms with van der Waals surface area (Å²) in [7, 11) is 9.12. The van der Waals surface area contributed by atoms with Gasteiger partial charge in [0.2, 0.25) is 0 Å². The summed E-state index contributed by atoms with van der Waals surface area (Å²) >= 11 is 0. The number of ether oxygens (including phenoxy) is 3. The third kappa shape index (κ3) is 17.9. The molecule has 0 spiro atoms. The van der Waals surface area contributed by atoms with Crippen LogP contribution in [-0.2, 0) is 19.0 Å². The number of carbonyl (C=O) groups is 1. The molecule has 0 N–H and O–H groups in total. The average Bonchev–Trinajstić information content (AvgIpc) is 2.24. The highest BCUT2D eigenvalue weighted by atomic mass is 16.5. The second kappa shape index (κ2) is 11.8. The topological polar surface area (TPSA) is 67.8 Å². The highest BCUT2D eigenvalue weighted by molar-refractivity contribution is 5.65. The lowest BCUT2D eigenvalue weighted by atomic mass is 10.4. The van der Waals surface area contributed by atoms with Crippen LogP contribution in [0.25, 0.3) is 0 Å². The zero-order chi connectivity index (χ0) is 13.7. The van der Waals surface area contributed by atoms with Crippen molar-refractivity contribution in [2.24, 2.45) is 0 Å². The highest BCUT2D eigenvalue weighted by Crippen LogP contribution is 1.95. The Balaban J connectivity index is 0. The van der Waals surface area contributed by atoms with E-state index in [9.17, 15) is 9.90 Å². The van der Waals surface area contributed by atoms with Gasteiger partial charge in [-0.25, -0.2) is 0 Å². The Morgan fingerprint density at radius 2 is 1.41 bits per heavy atom. The van der Waals surface area contributed by atoms with Crippen molar-refractivity contribution in [1.82, 2.24) is 0 Å². The first-order valence-corrected chi connectivity index (χ1v) is 5.38. The van der Waals surface area contributed by atoms with Crippen LogP contribution >= 0.6 is 0 Å². The number of hydrogen-bond acceptors (Lipinski definition) is 5. The Bertz CT molecular complexity index is 175. The minimum Gasteiger partial charge on any atom is -0.548 e. The third-order valence-corrected chi connectivity index (χ3v) is 2.06. The Labute approximate surface area is 104 Å². The molecule has 17 heavy (non-hydrogen) atoms. The van der Waals surface area contributed by atoms with E-state index < -0.39 is 5.97 Å². The summed E-state index contributed by atoms with van der Waals surface area (Å²) in [4.78, 5) is 9.36. The number of aliphatic carboxylic acids is 1. The van der Waals surface area contributed by atoms with Gasteiger partial charge in [0.1, 0.15) is 13.1 Å². The molecule has 0 atom stereocenters. The van der Waals surface area contributed by atoms with E-state index in [2.05, 4.69) is 18.8 Å². The molecule has 0 saturated heterocycles. The lowest BCUT2D eigenvalue weighted by molar-refractivity contribution is -0.891. The SMILES string of the molecule is COCC(=O)[O-].COCC[N+](C)(C)CCOC. The number of hydrogen-bond donors (Lipinski definition) is 0. The van der Waals surface area contributed by atoms with Gasteiger partial charge in [0, 0.05) is 21.3 Å². The van der Waals surface area contributed by atoms with Gasteiger partial charge in [-0.15, -0.1) is 0 Å². The zero-order valence-corrected chi connectivity index (χ0v) is 11.5. The van der Waals surface area contributed by atoms with Gasteiger partial charge in [0.15, 0.2) is 0 Å². The molecule has 0 aliphatic rings. The summed E-state index contributed by atoms with van der Waals surface area (Å²) in [6.07, 6.45) is 0. The molecule has 0 amide bonds. The lowest BCUT2D eigenvalue weighted by Crippen LogP contribution is -2.44. The van der Waals surface area contributed by atoms with Crippen LogP contribution in [-0.4, -0.2) is 78.8 Å². The predicted octanol–water partition coefficient (Wildman–Crippen LogP) is -1.26. The van der Waals surface area contributed by atoms with E-state index in [0.29, 0.717) is 0 Å². The van der Waals surface area contributed by atoms with Crippen molar-refractivity contribution < 1.29 is 28.6 Å². The number of likely N-dealkylation sites (N-methyl/N-ethyl adjacent to an activating group) is 1. The molecule has 104 valence electrons. The fraction of sp³-hybridized carbons (Fsp3) is 0.909. The van der Waals surface area contributed by atoms with Gasteiger partial charge < -0.3 is 28.6 Å². The fourth-order valence-electron chi connectivity index (χ4n) is 0.906. The van der Waals surface area contributed by atoms with Crippen molar-refractivity contribution in [3.05, 3.63) is 0 Å². The van der Waals surface area contributed by atoms with E-state index in [0.717, 1.165) is 30.8 Å². The van der Waals surface area contributed by atoms with Gasteiger partial charge in [-0.1, -0.05) is 0 Å². The standard InChI is InChI=1S/C8H20NO2.C3H6O3/c1-9(2,5-7-10-3)6-8-11-4;1-6-2-3(4)5/h5-8H2,1-4H3;2H2,1H3,(H,4,5)/q+1;/p-1. The highest BCUT2D eigenvalue weighted by Gasteiger charge is 2.12. The predicted molar refractivity (Wildman–Crippen MR) is 62.5 cm³/mol. The average molecular weight is 251 g/mol. The van der Waals surface area contributed by atoms with Gasteiger partial charge in [-0.05, 0) is 0 Å². The van der Waals surface area contributed by atoms with E-state index in [4.69, 9.17) is 9.47 Å². The molecule has 0 aromatic carbocycles. The molecule has 0 saturated carbocycles. The van der Waals surface area contributed by atoms with Crippen LogP contribution in [0.1, 0.15) is 0 Å². The third-order valence-electron chi connectivity index (χ3n) is 2.06. The largest absolute Gasteiger partial charge is 0.548 e. The normalized spacial score (nSPS) is 10.6. The van der Waals surface area contributed by atoms with Crippen molar-refractivity contribution in [1.29, 1.82) is 0 Å². The quantitative estimate of drug-likeness (QED) is 0.504. The van der Waals surface area contributed by atoms with Crippen molar-refractivity contribution in [3.63, 3.8) is 0 Å². The molecular weight excluding hydrogens is 226 g/mol. The number of nitrogens with zero attached hydrogens (tertiary/aromatic N) is 1. The molecule has 6 nitrogen and oxygen atoms in total. The first kappa shape index (κ1) is 18.7. The van der Waals surface area contributed by atoms with Crippen LogP contribution in [0, 0.1) is 0 Å². The molecule has 0 rings (SSSR count). The summed E-state index contributed by atoms with van der Waals surface area (Å²) in [5.41, 5.74) is 0. The van der Waals surface area contributed by atoms with Crippen LogP contribution in [0.3, 0.4) is 0 Å². The van der Waals surface area contributed by atoms with Gasteiger partial charge in [-0.2, -0.15) is 0 Å². The molecular formula is C11H25NO5. The van der Waals surface area contributed by atoms with Gasteiger partial charge in [0.05, 0.1) is 39.9 Å². The second-order valence-electron chi connectivity index (χ2n) is 4.17. The molecule has 0 fully saturated rings. The Morgan fingerprint density at radius 1 is 1.00 bits per heavy atom. The summed E-state index contributed by atoms with van der Waals surface area (Å²) < 4.78 is 15.1. The summed E-state index contributed by atoms with van der Waals surface area (Å²) in [6, 6.07) is 0. The minimum atomic E-state index is -1.18. The molecule has 0 aromatic rings. The summed E-state index contributed by atoms with van der Waals surface area (Å²) in [5.74, 6) is -1.18. The monoisotopic (exact) mass is 251 g/mol. The second-order valence-corrected chi connectivity index (χ2v) is 4.17. The Hall–Kier alpha value is -0.690. The summed E-state index contributed by atoms with van der Waals surface area (Å²) in [5, 5.41) is 9.36. The van der Waals surface area contributed by atoms with Crippen LogP contribution in [0.2, 0.25) is 0 Å². The zero-order valence-electron chi connectivity index (χ0n) is 11.5. The first-order chi connectivity index (χ1) is 7.89. The van der Waals surface area contributed by atoms with E-state index in [-0.39, 0.29) is 6.61 Å². The number of methoxy groups -OCH3 is 3. The first-order valence-electron chi connectivity index (χ1n) is 5.38. The van der Waals surface area contributed by atoms with Gasteiger partial charge >= 0.3 is 0 Å². The van der Waals surface area contributed by atoms with Gasteiger partial charge in [-0.3, -0.25) is 0 Å². The van der Waals surface area contributed by atoms with Crippen LogP contribution in [0.15, 0.2) is 0 Å². The van der Waals surface area contributed by atoms with Crippen LogP contribution in [0.4, 0.5) is 0 Å². The molecule has 0 bridgehead atoms. The number of carboxylic acid groups (broad SMARTS) is 1. The summed E-state index contributed by atoms with van der Waals surface area (Å²) in [6.45, 7) is 3.40. The van der Waals surface area contributed by atoms with E-state index in [1.54, 1.807) is 14.2 Å². The molecule has 6 heteroatoms. The number of quaternary nitrogens is 1. The van der Waals surface area contributed by atoms with E-state index >= 15 is 0 Å². The maximum Gasteiger partial charge on any atom is 0.102 e. The number of carboxylic acids is 1. The van der Waals surface area contributed by atoms with E-state index in [1.807, 2.05) is 0 Å². The molecule has 0 aliphatic heterocycles. The van der Waals surface area contributed by atoms with Crippen LogP contribution < -0.4 is 5.11 Å². The molecule has 0 heterocycles. The minimum absolute atomic E-state index is 0.319. The van der Waals surface area contributed by atoms with Crippen molar-refractivity contribution in [2.75, 3.05) is 68.3 Å².